The molecule has 1 amide bonds. The molecule has 1 aromatic carbocycles. The Morgan fingerprint density at radius 3 is 2.85 bits per heavy atom. The monoisotopic (exact) mass is 341 g/mol. The number of benzene rings is 1. The summed E-state index contributed by atoms with van der Waals surface area (Å²) in [6, 6.07) is 5.46. The van der Waals surface area contributed by atoms with E-state index in [0.29, 0.717) is 12.2 Å². The van der Waals surface area contributed by atoms with Crippen molar-refractivity contribution in [3.63, 3.8) is 0 Å². The third kappa shape index (κ3) is 2.65. The average molecular weight is 342 g/mol. The summed E-state index contributed by atoms with van der Waals surface area (Å²) >= 11 is 3.36. The Kier molecular flexibility index (Phi) is 4.04. The van der Waals surface area contributed by atoms with Crippen molar-refractivity contribution in [3.8, 4) is 5.75 Å². The van der Waals surface area contributed by atoms with Crippen molar-refractivity contribution < 1.29 is 19.4 Å². The highest BCUT2D eigenvalue weighted by Crippen LogP contribution is 2.36. The van der Waals surface area contributed by atoms with E-state index in [1.165, 1.54) is 6.92 Å². The Labute approximate surface area is 125 Å². The molecule has 0 bridgehead atoms. The summed E-state index contributed by atoms with van der Waals surface area (Å²) in [6.45, 7) is 3.46. The van der Waals surface area contributed by atoms with E-state index in [-0.39, 0.29) is 12.5 Å². The molecule has 1 heterocycles. The second-order valence-corrected chi connectivity index (χ2v) is 5.94. The summed E-state index contributed by atoms with van der Waals surface area (Å²) < 4.78 is 6.32. The lowest BCUT2D eigenvalue weighted by Crippen LogP contribution is -2.53. The highest BCUT2D eigenvalue weighted by Gasteiger charge is 2.38. The minimum absolute atomic E-state index is 0.233. The number of hydrogen-bond acceptors (Lipinski definition) is 3. The molecule has 0 saturated heterocycles. The highest BCUT2D eigenvalue weighted by molar-refractivity contribution is 9.10. The lowest BCUT2D eigenvalue weighted by Gasteiger charge is -2.26. The van der Waals surface area contributed by atoms with E-state index >= 15 is 0 Å². The number of carboxylic acid groups (broad SMARTS) is 1. The first-order valence-corrected chi connectivity index (χ1v) is 7.14. The minimum atomic E-state index is -1.26. The molecule has 0 aliphatic carbocycles. The molecule has 2 N–H and O–H groups in total. The van der Waals surface area contributed by atoms with Crippen molar-refractivity contribution in [2.24, 2.45) is 0 Å². The van der Waals surface area contributed by atoms with Crippen LogP contribution >= 0.6 is 15.9 Å². The third-order valence-electron chi connectivity index (χ3n) is 3.65. The molecule has 2 unspecified atom stereocenters. The molecule has 2 atom stereocenters. The molecule has 20 heavy (non-hydrogen) atoms. The maximum atomic E-state index is 12.3. The molecular weight excluding hydrogens is 326 g/mol. The topological polar surface area (TPSA) is 75.6 Å². The summed E-state index contributed by atoms with van der Waals surface area (Å²) in [6.07, 6.45) is 0.312. The molecular formula is C14H16BrNO4. The first-order chi connectivity index (χ1) is 9.37. The standard InChI is InChI=1S/C14H16BrNO4/c1-3-14(2,13(18)19)16-12(17)10-7-20-11-5-4-8(15)6-9(10)11/h4-6,10H,3,7H2,1-2H3,(H,16,17)(H,18,19). The summed E-state index contributed by atoms with van der Waals surface area (Å²) in [7, 11) is 0. The second-order valence-electron chi connectivity index (χ2n) is 5.03. The average Bonchev–Trinajstić information content (AvgIpc) is 2.81. The zero-order chi connectivity index (χ0) is 14.9. The van der Waals surface area contributed by atoms with Gasteiger partial charge in [-0.2, -0.15) is 0 Å². The van der Waals surface area contributed by atoms with Crippen LogP contribution < -0.4 is 10.1 Å². The quantitative estimate of drug-likeness (QED) is 0.880. The van der Waals surface area contributed by atoms with Gasteiger partial charge < -0.3 is 15.2 Å². The van der Waals surface area contributed by atoms with Gasteiger partial charge in [0.25, 0.3) is 0 Å². The number of aliphatic carboxylic acids is 1. The van der Waals surface area contributed by atoms with E-state index in [9.17, 15) is 14.7 Å². The number of halogens is 1. The fourth-order valence-corrected chi connectivity index (χ4v) is 2.43. The van der Waals surface area contributed by atoms with Crippen molar-refractivity contribution >= 4 is 27.8 Å². The van der Waals surface area contributed by atoms with E-state index in [2.05, 4.69) is 21.2 Å². The molecule has 6 heteroatoms. The summed E-state index contributed by atoms with van der Waals surface area (Å²) in [5, 5.41) is 11.8. The Morgan fingerprint density at radius 1 is 1.55 bits per heavy atom. The van der Waals surface area contributed by atoms with Crippen LogP contribution in [-0.4, -0.2) is 29.1 Å². The molecule has 1 aliphatic heterocycles. The van der Waals surface area contributed by atoms with Crippen LogP contribution in [0.5, 0.6) is 5.75 Å². The van der Waals surface area contributed by atoms with Crippen molar-refractivity contribution in [1.82, 2.24) is 5.32 Å². The zero-order valence-electron chi connectivity index (χ0n) is 11.3. The molecule has 108 valence electrons. The van der Waals surface area contributed by atoms with Crippen LogP contribution in [-0.2, 0) is 9.59 Å². The second kappa shape index (κ2) is 5.44. The van der Waals surface area contributed by atoms with E-state index in [1.807, 2.05) is 12.1 Å². The maximum Gasteiger partial charge on any atom is 0.329 e. The third-order valence-corrected chi connectivity index (χ3v) is 4.14. The largest absolute Gasteiger partial charge is 0.492 e. The van der Waals surface area contributed by atoms with Gasteiger partial charge in [0.15, 0.2) is 0 Å². The van der Waals surface area contributed by atoms with Gasteiger partial charge in [0.2, 0.25) is 5.91 Å². The lowest BCUT2D eigenvalue weighted by atomic mass is 9.95. The van der Waals surface area contributed by atoms with Crippen LogP contribution in [0.2, 0.25) is 0 Å². The van der Waals surface area contributed by atoms with Gasteiger partial charge in [-0.1, -0.05) is 22.9 Å². The van der Waals surface area contributed by atoms with Crippen LogP contribution in [0.25, 0.3) is 0 Å². The Balaban J connectivity index is 2.21. The molecule has 0 fully saturated rings. The molecule has 1 aromatic rings. The minimum Gasteiger partial charge on any atom is -0.492 e. The van der Waals surface area contributed by atoms with Gasteiger partial charge >= 0.3 is 5.97 Å². The molecule has 1 aliphatic rings. The van der Waals surface area contributed by atoms with Crippen LogP contribution in [0.1, 0.15) is 31.7 Å². The summed E-state index contributed by atoms with van der Waals surface area (Å²) in [5.74, 6) is -1.18. The van der Waals surface area contributed by atoms with Gasteiger partial charge in [-0.05, 0) is 31.5 Å². The number of fused-ring (bicyclic) bond motifs is 1. The first kappa shape index (κ1) is 14.8. The van der Waals surface area contributed by atoms with Crippen molar-refractivity contribution in [1.29, 1.82) is 0 Å². The smallest absolute Gasteiger partial charge is 0.329 e. The van der Waals surface area contributed by atoms with Crippen molar-refractivity contribution in [2.75, 3.05) is 6.61 Å². The van der Waals surface area contributed by atoms with Crippen LogP contribution in [0.15, 0.2) is 22.7 Å². The molecule has 0 radical (unpaired) electrons. The van der Waals surface area contributed by atoms with Crippen LogP contribution in [0.4, 0.5) is 0 Å². The molecule has 2 rings (SSSR count). The number of carbonyl (C=O) groups is 2. The van der Waals surface area contributed by atoms with E-state index in [4.69, 9.17) is 4.74 Å². The van der Waals surface area contributed by atoms with Gasteiger partial charge in [-0.3, -0.25) is 4.79 Å². The number of carbonyl (C=O) groups excluding carboxylic acids is 1. The SMILES string of the molecule is CCC(C)(NC(=O)C1COc2ccc(Br)cc21)C(=O)O. The van der Waals surface area contributed by atoms with Crippen LogP contribution in [0, 0.1) is 0 Å². The van der Waals surface area contributed by atoms with Crippen LogP contribution in [0.3, 0.4) is 0 Å². The Bertz CT molecular complexity index is 560. The number of ether oxygens (including phenoxy) is 1. The summed E-state index contributed by atoms with van der Waals surface area (Å²) in [4.78, 5) is 23.6. The number of amides is 1. The van der Waals surface area contributed by atoms with Gasteiger partial charge in [0.1, 0.15) is 23.8 Å². The predicted octanol–water partition coefficient (Wildman–Crippen LogP) is 2.29. The van der Waals surface area contributed by atoms with E-state index in [1.54, 1.807) is 13.0 Å². The molecule has 0 saturated carbocycles. The number of carboxylic acids is 1. The van der Waals surface area contributed by atoms with E-state index < -0.39 is 17.4 Å². The fourth-order valence-electron chi connectivity index (χ4n) is 2.06. The highest BCUT2D eigenvalue weighted by atomic mass is 79.9. The van der Waals surface area contributed by atoms with E-state index in [0.717, 1.165) is 10.0 Å². The molecule has 0 aromatic heterocycles. The predicted molar refractivity (Wildman–Crippen MR) is 76.9 cm³/mol. The van der Waals surface area contributed by atoms with Gasteiger partial charge in [0, 0.05) is 10.0 Å². The summed E-state index contributed by atoms with van der Waals surface area (Å²) in [5.41, 5.74) is -0.480. The lowest BCUT2D eigenvalue weighted by molar-refractivity contribution is -0.147. The van der Waals surface area contributed by atoms with Crippen molar-refractivity contribution in [3.05, 3.63) is 28.2 Å². The van der Waals surface area contributed by atoms with Gasteiger partial charge in [0.05, 0.1) is 0 Å². The number of rotatable bonds is 4. The Morgan fingerprint density at radius 2 is 2.25 bits per heavy atom. The first-order valence-electron chi connectivity index (χ1n) is 6.35. The number of nitrogens with one attached hydrogen (secondary N) is 1. The van der Waals surface area contributed by atoms with Gasteiger partial charge in [-0.25, -0.2) is 4.79 Å². The fraction of sp³-hybridized carbons (Fsp3) is 0.429. The Hall–Kier alpha value is -1.56. The number of hydrogen-bond donors (Lipinski definition) is 2. The van der Waals surface area contributed by atoms with Gasteiger partial charge in [-0.15, -0.1) is 0 Å². The normalized spacial score (nSPS) is 19.6. The zero-order valence-corrected chi connectivity index (χ0v) is 12.9. The maximum absolute atomic E-state index is 12.3. The van der Waals surface area contributed by atoms with Crippen molar-refractivity contribution in [2.45, 2.75) is 31.7 Å². The molecule has 5 nitrogen and oxygen atoms in total. The molecule has 0 spiro atoms.